The largest absolute Gasteiger partial charge is 0.371 e. The van der Waals surface area contributed by atoms with Gasteiger partial charge in [0.1, 0.15) is 0 Å². The van der Waals surface area contributed by atoms with Gasteiger partial charge in [-0.2, -0.15) is 0 Å². The molecular weight excluding hydrogens is 326 g/mol. The number of hydrogen-bond acceptors (Lipinski definition) is 4. The van der Waals surface area contributed by atoms with Gasteiger partial charge < -0.3 is 20.3 Å². The number of hydrogen-bond donors (Lipinski definition) is 1. The first-order valence-corrected chi connectivity index (χ1v) is 9.89. The van der Waals surface area contributed by atoms with Gasteiger partial charge in [0, 0.05) is 25.3 Å². The molecule has 1 aliphatic heterocycles. The van der Waals surface area contributed by atoms with Crippen LogP contribution in [0, 0.1) is 5.92 Å². The third kappa shape index (κ3) is 4.04. The van der Waals surface area contributed by atoms with Crippen LogP contribution >= 0.6 is 0 Å². The molecule has 1 heterocycles. The van der Waals surface area contributed by atoms with Crippen LogP contribution in [0.4, 0.5) is 5.69 Å². The van der Waals surface area contributed by atoms with Crippen LogP contribution in [-0.4, -0.2) is 51.1 Å². The summed E-state index contributed by atoms with van der Waals surface area (Å²) in [5.74, 6) is 0.403. The lowest BCUT2D eigenvalue weighted by Crippen LogP contribution is -2.40. The zero-order valence-electron chi connectivity index (χ0n) is 16.5. The monoisotopic (exact) mass is 359 g/mol. The van der Waals surface area contributed by atoms with Gasteiger partial charge in [-0.1, -0.05) is 13.0 Å². The second-order valence-electron chi connectivity index (χ2n) is 8.27. The molecule has 1 saturated heterocycles. The molecule has 1 aromatic carbocycles. The highest BCUT2D eigenvalue weighted by Crippen LogP contribution is 2.46. The fourth-order valence-electron chi connectivity index (χ4n) is 3.97. The molecule has 3 rings (SSSR count). The van der Waals surface area contributed by atoms with Crippen molar-refractivity contribution < 1.29 is 9.53 Å². The molecule has 1 aliphatic carbocycles. The van der Waals surface area contributed by atoms with Crippen LogP contribution in [0.3, 0.4) is 0 Å². The van der Waals surface area contributed by atoms with Gasteiger partial charge in [0.15, 0.2) is 0 Å². The predicted molar refractivity (Wildman–Crippen MR) is 106 cm³/mol. The maximum atomic E-state index is 12.0. The van der Waals surface area contributed by atoms with Gasteiger partial charge in [0.05, 0.1) is 17.8 Å². The fourth-order valence-corrected chi connectivity index (χ4v) is 3.97. The molecule has 26 heavy (non-hydrogen) atoms. The Labute approximate surface area is 157 Å². The first-order valence-electron chi connectivity index (χ1n) is 9.89. The Morgan fingerprint density at radius 1 is 1.31 bits per heavy atom. The molecule has 0 bridgehead atoms. The number of amides is 1. The highest BCUT2D eigenvalue weighted by Gasteiger charge is 2.40. The molecule has 0 spiro atoms. The molecule has 5 heteroatoms. The lowest BCUT2D eigenvalue weighted by Gasteiger charge is -2.43. The molecule has 2 fully saturated rings. The van der Waals surface area contributed by atoms with Crippen LogP contribution in [0.1, 0.15) is 54.9 Å². The van der Waals surface area contributed by atoms with Crippen molar-refractivity contribution in [2.24, 2.45) is 11.7 Å². The van der Waals surface area contributed by atoms with E-state index >= 15 is 0 Å². The molecule has 1 saturated carbocycles. The Bertz CT molecular complexity index is 632. The number of piperidine rings is 1. The minimum absolute atomic E-state index is 0.190. The van der Waals surface area contributed by atoms with Crippen molar-refractivity contribution in [3.63, 3.8) is 0 Å². The Morgan fingerprint density at radius 2 is 2.00 bits per heavy atom. The van der Waals surface area contributed by atoms with Crippen molar-refractivity contribution in [3.8, 4) is 0 Å². The molecular formula is C21H33N3O2. The molecule has 144 valence electrons. The SMILES string of the molecule is CC1CCN(c2cc(C3(OCCN(C)C)CCC3)ccc2C(N)=O)CC1. The average Bonchev–Trinajstić information content (AvgIpc) is 2.57. The quantitative estimate of drug-likeness (QED) is 0.813. The van der Waals surface area contributed by atoms with Gasteiger partial charge >= 0.3 is 0 Å². The van der Waals surface area contributed by atoms with Gasteiger partial charge in [-0.3, -0.25) is 4.79 Å². The van der Waals surface area contributed by atoms with Gasteiger partial charge in [0.25, 0.3) is 5.91 Å². The van der Waals surface area contributed by atoms with E-state index in [1.807, 2.05) is 12.1 Å². The Hall–Kier alpha value is -1.59. The number of primary amides is 1. The molecule has 0 radical (unpaired) electrons. The summed E-state index contributed by atoms with van der Waals surface area (Å²) in [7, 11) is 4.13. The molecule has 5 nitrogen and oxygen atoms in total. The zero-order chi connectivity index (χ0) is 18.7. The number of likely N-dealkylation sites (N-methyl/N-ethyl adjacent to an activating group) is 1. The maximum Gasteiger partial charge on any atom is 0.250 e. The van der Waals surface area contributed by atoms with Crippen molar-refractivity contribution in [3.05, 3.63) is 29.3 Å². The molecule has 1 amide bonds. The van der Waals surface area contributed by atoms with Crippen LogP contribution in [0.2, 0.25) is 0 Å². The summed E-state index contributed by atoms with van der Waals surface area (Å²) >= 11 is 0. The lowest BCUT2D eigenvalue weighted by molar-refractivity contribution is -0.109. The Morgan fingerprint density at radius 3 is 2.54 bits per heavy atom. The second-order valence-corrected chi connectivity index (χ2v) is 8.27. The van der Waals surface area contributed by atoms with E-state index in [2.05, 4.69) is 36.9 Å². The van der Waals surface area contributed by atoms with Crippen molar-refractivity contribution in [2.45, 2.75) is 44.6 Å². The molecule has 0 aromatic heterocycles. The first kappa shape index (κ1) is 19.2. The number of nitrogens with zero attached hydrogens (tertiary/aromatic N) is 2. The van der Waals surface area contributed by atoms with E-state index in [9.17, 15) is 4.79 Å². The minimum atomic E-state index is -0.346. The molecule has 1 aromatic rings. The summed E-state index contributed by atoms with van der Waals surface area (Å²) in [5, 5.41) is 0. The van der Waals surface area contributed by atoms with E-state index in [-0.39, 0.29) is 11.5 Å². The number of carbonyl (C=O) groups excluding carboxylic acids is 1. The van der Waals surface area contributed by atoms with E-state index < -0.39 is 0 Å². The normalized spacial score (nSPS) is 20.2. The summed E-state index contributed by atoms with van der Waals surface area (Å²) in [4.78, 5) is 16.4. The van der Waals surface area contributed by atoms with Crippen LogP contribution < -0.4 is 10.6 Å². The van der Waals surface area contributed by atoms with Crippen molar-refractivity contribution >= 4 is 11.6 Å². The van der Waals surface area contributed by atoms with Crippen molar-refractivity contribution in [1.29, 1.82) is 0 Å². The third-order valence-corrected chi connectivity index (χ3v) is 5.99. The summed E-state index contributed by atoms with van der Waals surface area (Å²) in [6.07, 6.45) is 5.61. The van der Waals surface area contributed by atoms with E-state index in [1.54, 1.807) is 0 Å². The Balaban J connectivity index is 1.85. The molecule has 2 N–H and O–H groups in total. The van der Waals surface area contributed by atoms with E-state index in [4.69, 9.17) is 10.5 Å². The number of ether oxygens (including phenoxy) is 1. The van der Waals surface area contributed by atoms with Crippen LogP contribution in [0.5, 0.6) is 0 Å². The van der Waals surface area contributed by atoms with Gasteiger partial charge in [-0.05, 0) is 69.8 Å². The number of rotatable bonds is 7. The topological polar surface area (TPSA) is 58.8 Å². The third-order valence-electron chi connectivity index (χ3n) is 5.99. The summed E-state index contributed by atoms with van der Waals surface area (Å²) < 4.78 is 6.35. The van der Waals surface area contributed by atoms with E-state index in [0.717, 1.165) is 63.5 Å². The highest BCUT2D eigenvalue weighted by atomic mass is 16.5. The lowest BCUT2D eigenvalue weighted by atomic mass is 9.74. The van der Waals surface area contributed by atoms with E-state index in [1.165, 1.54) is 12.0 Å². The standard InChI is InChI=1S/C21H33N3O2/c1-16-7-11-24(12-8-16)19-15-17(5-6-18(19)20(22)25)21(9-4-10-21)26-14-13-23(2)3/h5-6,15-16H,4,7-14H2,1-3H3,(H2,22,25). The second kappa shape index (κ2) is 7.97. The van der Waals surface area contributed by atoms with Crippen LogP contribution in [0.25, 0.3) is 0 Å². The maximum absolute atomic E-state index is 12.0. The fraction of sp³-hybridized carbons (Fsp3) is 0.667. The number of anilines is 1. The summed E-state index contributed by atoms with van der Waals surface area (Å²) in [5.41, 5.74) is 8.29. The van der Waals surface area contributed by atoms with Crippen molar-refractivity contribution in [2.75, 3.05) is 45.2 Å². The molecule has 2 aliphatic rings. The van der Waals surface area contributed by atoms with Crippen LogP contribution in [0.15, 0.2) is 18.2 Å². The number of nitrogens with two attached hydrogens (primary N) is 1. The van der Waals surface area contributed by atoms with E-state index in [0.29, 0.717) is 5.56 Å². The average molecular weight is 360 g/mol. The Kier molecular flexibility index (Phi) is 5.88. The van der Waals surface area contributed by atoms with Crippen molar-refractivity contribution in [1.82, 2.24) is 4.90 Å². The van der Waals surface area contributed by atoms with Gasteiger partial charge in [-0.25, -0.2) is 0 Å². The summed E-state index contributed by atoms with van der Waals surface area (Å²) in [6.45, 7) is 5.91. The smallest absolute Gasteiger partial charge is 0.250 e. The number of carbonyl (C=O) groups is 1. The van der Waals surface area contributed by atoms with Crippen LogP contribution in [-0.2, 0) is 10.3 Å². The summed E-state index contributed by atoms with van der Waals surface area (Å²) in [6, 6.07) is 6.12. The van der Waals surface area contributed by atoms with Gasteiger partial charge in [0.2, 0.25) is 0 Å². The minimum Gasteiger partial charge on any atom is -0.371 e. The van der Waals surface area contributed by atoms with Gasteiger partial charge in [-0.15, -0.1) is 0 Å². The first-order chi connectivity index (χ1) is 12.4. The zero-order valence-corrected chi connectivity index (χ0v) is 16.5. The highest BCUT2D eigenvalue weighted by molar-refractivity contribution is 5.98. The predicted octanol–water partition coefficient (Wildman–Crippen LogP) is 2.98. The number of benzene rings is 1. The molecule has 0 atom stereocenters. The molecule has 0 unspecified atom stereocenters.